The lowest BCUT2D eigenvalue weighted by Crippen LogP contribution is -2.41. The fourth-order valence-corrected chi connectivity index (χ4v) is 3.01. The van der Waals surface area contributed by atoms with Crippen LogP contribution < -0.4 is 5.32 Å². The number of amides is 1. The molecule has 108 valence electrons. The Morgan fingerprint density at radius 1 is 1.25 bits per heavy atom. The van der Waals surface area contributed by atoms with Gasteiger partial charge in [0.15, 0.2) is 0 Å². The van der Waals surface area contributed by atoms with Crippen LogP contribution in [0.25, 0.3) is 0 Å². The number of hydrogen-bond donors (Lipinski definition) is 1. The Kier molecular flexibility index (Phi) is 4.33. The zero-order chi connectivity index (χ0) is 13.8. The fraction of sp³-hybridized carbons (Fsp3) is 0.562. The van der Waals surface area contributed by atoms with Gasteiger partial charge in [0.2, 0.25) is 0 Å². The first-order chi connectivity index (χ1) is 9.84. The maximum atomic E-state index is 12.5. The number of carbonyl (C=O) groups excluding carboxylic acids is 1. The summed E-state index contributed by atoms with van der Waals surface area (Å²) in [4.78, 5) is 14.5. The van der Waals surface area contributed by atoms with Crippen molar-refractivity contribution in [2.75, 3.05) is 26.2 Å². The van der Waals surface area contributed by atoms with E-state index in [2.05, 4.69) is 17.4 Å². The average Bonchev–Trinajstić information content (AvgIpc) is 2.92. The zero-order valence-corrected chi connectivity index (χ0v) is 11.8. The molecule has 0 aromatic heterocycles. The van der Waals surface area contributed by atoms with Crippen LogP contribution >= 0.6 is 0 Å². The highest BCUT2D eigenvalue weighted by Crippen LogP contribution is 2.20. The predicted molar refractivity (Wildman–Crippen MR) is 77.4 cm³/mol. The van der Waals surface area contributed by atoms with Gasteiger partial charge in [-0.15, -0.1) is 0 Å². The first-order valence-electron chi connectivity index (χ1n) is 7.53. The predicted octanol–water partition coefficient (Wildman–Crippen LogP) is 1.73. The minimum atomic E-state index is -0.204. The van der Waals surface area contributed by atoms with Crippen molar-refractivity contribution in [2.45, 2.75) is 31.4 Å². The Bertz CT molecular complexity index is 443. The van der Waals surface area contributed by atoms with E-state index in [1.54, 1.807) is 0 Å². The van der Waals surface area contributed by atoms with Crippen molar-refractivity contribution < 1.29 is 9.53 Å². The van der Waals surface area contributed by atoms with Crippen molar-refractivity contribution in [3.63, 3.8) is 0 Å². The van der Waals surface area contributed by atoms with E-state index in [9.17, 15) is 4.79 Å². The van der Waals surface area contributed by atoms with E-state index >= 15 is 0 Å². The summed E-state index contributed by atoms with van der Waals surface area (Å²) in [5.74, 6) is 0.173. The van der Waals surface area contributed by atoms with E-state index in [1.165, 1.54) is 5.56 Å². The van der Waals surface area contributed by atoms with Crippen LogP contribution in [0.4, 0.5) is 0 Å². The molecule has 20 heavy (non-hydrogen) atoms. The number of nitrogens with zero attached hydrogens (tertiary/aromatic N) is 1. The van der Waals surface area contributed by atoms with Crippen molar-refractivity contribution in [1.82, 2.24) is 10.2 Å². The molecule has 2 saturated heterocycles. The van der Waals surface area contributed by atoms with E-state index < -0.39 is 0 Å². The molecule has 2 aliphatic heterocycles. The summed E-state index contributed by atoms with van der Waals surface area (Å²) in [7, 11) is 0. The molecule has 2 aliphatic rings. The highest BCUT2D eigenvalue weighted by atomic mass is 16.5. The average molecular weight is 274 g/mol. The smallest absolute Gasteiger partial charge is 0.251 e. The molecule has 0 saturated carbocycles. The largest absolute Gasteiger partial charge is 0.368 e. The molecule has 0 radical (unpaired) electrons. The lowest BCUT2D eigenvalue weighted by Gasteiger charge is -2.27. The van der Waals surface area contributed by atoms with Gasteiger partial charge >= 0.3 is 0 Å². The summed E-state index contributed by atoms with van der Waals surface area (Å²) in [5, 5.41) is 3.54. The Morgan fingerprint density at radius 2 is 2.10 bits per heavy atom. The van der Waals surface area contributed by atoms with Gasteiger partial charge in [-0.2, -0.15) is 0 Å². The number of benzene rings is 1. The second kappa shape index (κ2) is 6.37. The Morgan fingerprint density at radius 3 is 2.85 bits per heavy atom. The van der Waals surface area contributed by atoms with Crippen LogP contribution in [0.5, 0.6) is 0 Å². The Balaban J connectivity index is 1.70. The molecular formula is C16H22N2O2. The van der Waals surface area contributed by atoms with E-state index in [0.717, 1.165) is 45.5 Å². The molecular weight excluding hydrogens is 252 g/mol. The standard InChI is InChI=1S/C16H22N2O2/c19-16(15-8-4-11-20-15)18-10-5-9-17-14(12-18)13-6-2-1-3-7-13/h1-3,6-7,14-15,17H,4-5,8-12H2. The van der Waals surface area contributed by atoms with Crippen LogP contribution in [0, 0.1) is 0 Å². The van der Waals surface area contributed by atoms with Gasteiger partial charge < -0.3 is 15.0 Å². The Labute approximate surface area is 120 Å². The molecule has 1 aromatic rings. The van der Waals surface area contributed by atoms with E-state index in [1.807, 2.05) is 23.1 Å². The highest BCUT2D eigenvalue weighted by Gasteiger charge is 2.30. The maximum Gasteiger partial charge on any atom is 0.251 e. The molecule has 1 N–H and O–H groups in total. The van der Waals surface area contributed by atoms with Crippen molar-refractivity contribution in [3.8, 4) is 0 Å². The van der Waals surface area contributed by atoms with Crippen molar-refractivity contribution >= 4 is 5.91 Å². The normalized spacial score (nSPS) is 27.3. The summed E-state index contributed by atoms with van der Waals surface area (Å²) in [6.45, 7) is 3.25. The molecule has 2 heterocycles. The highest BCUT2D eigenvalue weighted by molar-refractivity contribution is 5.81. The third-order valence-corrected chi connectivity index (χ3v) is 4.12. The van der Waals surface area contributed by atoms with Gasteiger partial charge in [0.25, 0.3) is 5.91 Å². The van der Waals surface area contributed by atoms with Gasteiger partial charge in [-0.3, -0.25) is 4.79 Å². The Hall–Kier alpha value is -1.39. The first kappa shape index (κ1) is 13.6. The first-order valence-corrected chi connectivity index (χ1v) is 7.53. The number of ether oxygens (including phenoxy) is 1. The van der Waals surface area contributed by atoms with Crippen LogP contribution in [0.3, 0.4) is 0 Å². The third kappa shape index (κ3) is 3.02. The minimum absolute atomic E-state index is 0.173. The molecule has 4 heteroatoms. The lowest BCUT2D eigenvalue weighted by atomic mass is 10.1. The molecule has 1 aromatic carbocycles. The van der Waals surface area contributed by atoms with Crippen molar-refractivity contribution in [2.24, 2.45) is 0 Å². The minimum Gasteiger partial charge on any atom is -0.368 e. The molecule has 1 amide bonds. The number of carbonyl (C=O) groups is 1. The van der Waals surface area contributed by atoms with E-state index in [0.29, 0.717) is 0 Å². The molecule has 2 unspecified atom stereocenters. The topological polar surface area (TPSA) is 41.6 Å². The molecule has 0 bridgehead atoms. The van der Waals surface area contributed by atoms with Gasteiger partial charge in [-0.05, 0) is 31.4 Å². The molecule has 0 aliphatic carbocycles. The number of hydrogen-bond acceptors (Lipinski definition) is 3. The van der Waals surface area contributed by atoms with E-state index in [-0.39, 0.29) is 18.1 Å². The van der Waals surface area contributed by atoms with Gasteiger partial charge in [0, 0.05) is 25.7 Å². The van der Waals surface area contributed by atoms with Crippen LogP contribution in [0.2, 0.25) is 0 Å². The molecule has 4 nitrogen and oxygen atoms in total. The van der Waals surface area contributed by atoms with Crippen LogP contribution in [0.15, 0.2) is 30.3 Å². The monoisotopic (exact) mass is 274 g/mol. The summed E-state index contributed by atoms with van der Waals surface area (Å²) in [6, 6.07) is 10.6. The van der Waals surface area contributed by atoms with Gasteiger partial charge in [0.1, 0.15) is 6.10 Å². The second-order valence-corrected chi connectivity index (χ2v) is 5.56. The summed E-state index contributed by atoms with van der Waals surface area (Å²) in [5.41, 5.74) is 1.25. The van der Waals surface area contributed by atoms with Crippen LogP contribution in [-0.2, 0) is 9.53 Å². The van der Waals surface area contributed by atoms with Gasteiger partial charge in [-0.25, -0.2) is 0 Å². The van der Waals surface area contributed by atoms with Gasteiger partial charge in [-0.1, -0.05) is 30.3 Å². The van der Waals surface area contributed by atoms with E-state index in [4.69, 9.17) is 4.74 Å². The lowest BCUT2D eigenvalue weighted by molar-refractivity contribution is -0.141. The SMILES string of the molecule is O=C(C1CCCO1)N1CCCNC(c2ccccc2)C1. The second-order valence-electron chi connectivity index (χ2n) is 5.56. The number of rotatable bonds is 2. The summed E-state index contributed by atoms with van der Waals surface area (Å²) in [6.07, 6.45) is 2.68. The molecule has 2 fully saturated rings. The summed E-state index contributed by atoms with van der Waals surface area (Å²) >= 11 is 0. The quantitative estimate of drug-likeness (QED) is 0.893. The number of nitrogens with one attached hydrogen (secondary N) is 1. The summed E-state index contributed by atoms with van der Waals surface area (Å²) < 4.78 is 5.54. The fourth-order valence-electron chi connectivity index (χ4n) is 3.01. The van der Waals surface area contributed by atoms with Crippen molar-refractivity contribution in [1.29, 1.82) is 0 Å². The van der Waals surface area contributed by atoms with Crippen molar-refractivity contribution in [3.05, 3.63) is 35.9 Å². The zero-order valence-electron chi connectivity index (χ0n) is 11.8. The molecule has 2 atom stereocenters. The maximum absolute atomic E-state index is 12.5. The molecule has 0 spiro atoms. The van der Waals surface area contributed by atoms with Gasteiger partial charge in [0.05, 0.1) is 0 Å². The molecule has 3 rings (SSSR count). The van der Waals surface area contributed by atoms with Crippen LogP contribution in [-0.4, -0.2) is 43.2 Å². The third-order valence-electron chi connectivity index (χ3n) is 4.12. The van der Waals surface area contributed by atoms with Crippen LogP contribution in [0.1, 0.15) is 30.9 Å².